The highest BCUT2D eigenvalue weighted by Crippen LogP contribution is 2.20. The van der Waals surface area contributed by atoms with E-state index in [1.807, 2.05) is 26.1 Å². The SMILES string of the molecule is CCNC(=NCC(C)(O)c1cnn(C)c1)NCCc1nc(-c2ccc(Cl)cc2)no1. The summed E-state index contributed by atoms with van der Waals surface area (Å²) in [5.74, 6) is 1.64. The minimum absolute atomic E-state index is 0.190. The molecule has 0 spiro atoms. The van der Waals surface area contributed by atoms with Crippen molar-refractivity contribution in [3.8, 4) is 11.4 Å². The molecule has 1 atom stereocenters. The van der Waals surface area contributed by atoms with E-state index >= 15 is 0 Å². The van der Waals surface area contributed by atoms with Gasteiger partial charge in [0.15, 0.2) is 5.96 Å². The van der Waals surface area contributed by atoms with E-state index in [4.69, 9.17) is 16.1 Å². The summed E-state index contributed by atoms with van der Waals surface area (Å²) in [5, 5.41) is 25.8. The van der Waals surface area contributed by atoms with E-state index < -0.39 is 5.60 Å². The summed E-state index contributed by atoms with van der Waals surface area (Å²) in [6, 6.07) is 7.26. The number of halogens is 1. The fraction of sp³-hybridized carbons (Fsp3) is 0.400. The Labute approximate surface area is 180 Å². The van der Waals surface area contributed by atoms with Gasteiger partial charge in [-0.1, -0.05) is 16.8 Å². The number of aromatic nitrogens is 4. The van der Waals surface area contributed by atoms with Gasteiger partial charge in [-0.25, -0.2) is 4.99 Å². The Morgan fingerprint density at radius 2 is 2.07 bits per heavy atom. The highest BCUT2D eigenvalue weighted by molar-refractivity contribution is 6.30. The molecule has 10 heteroatoms. The zero-order chi connectivity index (χ0) is 21.6. The predicted molar refractivity (Wildman–Crippen MR) is 115 cm³/mol. The molecule has 2 heterocycles. The number of hydrogen-bond acceptors (Lipinski definition) is 6. The van der Waals surface area contributed by atoms with Crippen molar-refractivity contribution in [2.45, 2.75) is 25.9 Å². The first kappa shape index (κ1) is 21.8. The van der Waals surface area contributed by atoms with E-state index in [9.17, 15) is 5.11 Å². The second-order valence-corrected chi connectivity index (χ2v) is 7.50. The third-order valence-corrected chi connectivity index (χ3v) is 4.67. The van der Waals surface area contributed by atoms with Crippen LogP contribution in [0.1, 0.15) is 25.3 Å². The minimum Gasteiger partial charge on any atom is -0.383 e. The smallest absolute Gasteiger partial charge is 0.228 e. The van der Waals surface area contributed by atoms with Gasteiger partial charge < -0.3 is 20.3 Å². The summed E-state index contributed by atoms with van der Waals surface area (Å²) in [4.78, 5) is 8.90. The van der Waals surface area contributed by atoms with Crippen molar-refractivity contribution in [3.63, 3.8) is 0 Å². The maximum Gasteiger partial charge on any atom is 0.228 e. The van der Waals surface area contributed by atoms with Gasteiger partial charge in [0.25, 0.3) is 0 Å². The molecule has 3 N–H and O–H groups in total. The lowest BCUT2D eigenvalue weighted by molar-refractivity contribution is 0.0672. The van der Waals surface area contributed by atoms with E-state index in [0.29, 0.717) is 47.8 Å². The molecule has 160 valence electrons. The first-order valence-electron chi connectivity index (χ1n) is 9.69. The summed E-state index contributed by atoms with van der Waals surface area (Å²) in [7, 11) is 1.81. The van der Waals surface area contributed by atoms with E-state index in [2.05, 4.69) is 30.9 Å². The van der Waals surface area contributed by atoms with Crippen LogP contribution in [0.5, 0.6) is 0 Å². The number of aliphatic hydroxyl groups is 1. The molecule has 30 heavy (non-hydrogen) atoms. The molecule has 0 fully saturated rings. The summed E-state index contributed by atoms with van der Waals surface area (Å²) in [5.41, 5.74) is 0.441. The zero-order valence-corrected chi connectivity index (χ0v) is 18.0. The van der Waals surface area contributed by atoms with Crippen LogP contribution in [0.4, 0.5) is 0 Å². The fourth-order valence-electron chi connectivity index (χ4n) is 2.73. The van der Waals surface area contributed by atoms with Crippen LogP contribution in [0.25, 0.3) is 11.4 Å². The third-order valence-electron chi connectivity index (χ3n) is 4.42. The Morgan fingerprint density at radius 1 is 1.30 bits per heavy atom. The molecule has 0 radical (unpaired) electrons. The molecule has 1 unspecified atom stereocenters. The van der Waals surface area contributed by atoms with Crippen LogP contribution in [-0.2, 0) is 19.1 Å². The Balaban J connectivity index is 1.56. The lowest BCUT2D eigenvalue weighted by Crippen LogP contribution is -2.39. The van der Waals surface area contributed by atoms with Crippen molar-refractivity contribution in [1.29, 1.82) is 0 Å². The summed E-state index contributed by atoms with van der Waals surface area (Å²) >= 11 is 5.91. The average Bonchev–Trinajstić information content (AvgIpc) is 3.36. The number of nitrogens with one attached hydrogen (secondary N) is 2. The Kier molecular flexibility index (Phi) is 7.07. The van der Waals surface area contributed by atoms with E-state index in [-0.39, 0.29) is 6.54 Å². The van der Waals surface area contributed by atoms with Crippen molar-refractivity contribution in [1.82, 2.24) is 30.6 Å². The van der Waals surface area contributed by atoms with Crippen LogP contribution in [0.2, 0.25) is 5.02 Å². The van der Waals surface area contributed by atoms with E-state index in [1.165, 1.54) is 0 Å². The van der Waals surface area contributed by atoms with Gasteiger partial charge in [0.1, 0.15) is 5.60 Å². The van der Waals surface area contributed by atoms with Gasteiger partial charge in [0.05, 0.1) is 12.7 Å². The minimum atomic E-state index is -1.11. The molecule has 0 bridgehead atoms. The predicted octanol–water partition coefficient (Wildman–Crippen LogP) is 2.13. The molecule has 0 amide bonds. The van der Waals surface area contributed by atoms with Crippen LogP contribution in [-0.4, -0.2) is 50.6 Å². The van der Waals surface area contributed by atoms with Crippen LogP contribution in [0, 0.1) is 0 Å². The molecule has 3 aromatic rings. The summed E-state index contributed by atoms with van der Waals surface area (Å²) in [6.45, 7) is 5.13. The molecular formula is C20H26ClN7O2. The standard InChI is InChI=1S/C20H26ClN7O2/c1-4-22-19(24-13-20(2,29)15-11-25-28(3)12-15)23-10-9-17-26-18(27-30-17)14-5-7-16(21)8-6-14/h5-8,11-12,29H,4,9-10,13H2,1-3H3,(H2,22,23,24). The molecular weight excluding hydrogens is 406 g/mol. The highest BCUT2D eigenvalue weighted by Gasteiger charge is 2.24. The molecule has 0 aliphatic carbocycles. The molecule has 0 aliphatic heterocycles. The van der Waals surface area contributed by atoms with Crippen LogP contribution in [0.15, 0.2) is 46.2 Å². The Hall–Kier alpha value is -2.91. The number of hydrogen-bond donors (Lipinski definition) is 3. The highest BCUT2D eigenvalue weighted by atomic mass is 35.5. The van der Waals surface area contributed by atoms with Gasteiger partial charge in [-0.2, -0.15) is 10.1 Å². The molecule has 3 rings (SSSR count). The first-order chi connectivity index (χ1) is 14.4. The van der Waals surface area contributed by atoms with Gasteiger partial charge in [-0.3, -0.25) is 4.68 Å². The van der Waals surface area contributed by atoms with Crippen molar-refractivity contribution in [3.05, 3.63) is 53.1 Å². The lowest BCUT2D eigenvalue weighted by Gasteiger charge is -2.20. The van der Waals surface area contributed by atoms with E-state index in [0.717, 1.165) is 5.56 Å². The lowest BCUT2D eigenvalue weighted by atomic mass is 10.0. The monoisotopic (exact) mass is 431 g/mol. The number of aliphatic imine (C=N–C) groups is 1. The maximum absolute atomic E-state index is 10.7. The van der Waals surface area contributed by atoms with Crippen LogP contribution >= 0.6 is 11.6 Å². The van der Waals surface area contributed by atoms with Gasteiger partial charge >= 0.3 is 0 Å². The van der Waals surface area contributed by atoms with Gasteiger partial charge in [0.2, 0.25) is 11.7 Å². The maximum atomic E-state index is 10.7. The van der Waals surface area contributed by atoms with Gasteiger partial charge in [-0.15, -0.1) is 0 Å². The summed E-state index contributed by atoms with van der Waals surface area (Å²) < 4.78 is 6.97. The quantitative estimate of drug-likeness (QED) is 0.370. The molecule has 1 aromatic carbocycles. The average molecular weight is 432 g/mol. The van der Waals surface area contributed by atoms with Crippen LogP contribution in [0.3, 0.4) is 0 Å². The van der Waals surface area contributed by atoms with Crippen molar-refractivity contribution >= 4 is 17.6 Å². The van der Waals surface area contributed by atoms with Gasteiger partial charge in [-0.05, 0) is 38.1 Å². The summed E-state index contributed by atoms with van der Waals surface area (Å²) in [6.07, 6.45) is 3.96. The number of benzene rings is 1. The second kappa shape index (κ2) is 9.73. The van der Waals surface area contributed by atoms with Crippen molar-refractivity contribution in [2.75, 3.05) is 19.6 Å². The van der Waals surface area contributed by atoms with E-state index in [1.54, 1.807) is 36.1 Å². The first-order valence-corrected chi connectivity index (χ1v) is 10.1. The molecule has 2 aromatic heterocycles. The fourth-order valence-corrected chi connectivity index (χ4v) is 2.85. The second-order valence-electron chi connectivity index (χ2n) is 7.07. The Bertz CT molecular complexity index is 979. The van der Waals surface area contributed by atoms with Crippen LogP contribution < -0.4 is 10.6 Å². The topological polar surface area (TPSA) is 113 Å². The van der Waals surface area contributed by atoms with Gasteiger partial charge in [0, 0.05) is 48.9 Å². The normalized spacial score (nSPS) is 13.8. The molecule has 0 aliphatic rings. The molecule has 0 saturated heterocycles. The number of rotatable bonds is 8. The van der Waals surface area contributed by atoms with Crippen molar-refractivity contribution < 1.29 is 9.63 Å². The number of aryl methyl sites for hydroxylation is 1. The molecule has 0 saturated carbocycles. The number of nitrogens with zero attached hydrogens (tertiary/aromatic N) is 5. The number of guanidine groups is 1. The zero-order valence-electron chi connectivity index (χ0n) is 17.3. The third kappa shape index (κ3) is 5.80. The molecule has 9 nitrogen and oxygen atoms in total. The Morgan fingerprint density at radius 3 is 2.73 bits per heavy atom. The largest absolute Gasteiger partial charge is 0.383 e. The van der Waals surface area contributed by atoms with Crippen molar-refractivity contribution in [2.24, 2.45) is 12.0 Å².